The van der Waals surface area contributed by atoms with Gasteiger partial charge in [-0.2, -0.15) is 0 Å². The summed E-state index contributed by atoms with van der Waals surface area (Å²) < 4.78 is 23.2. The van der Waals surface area contributed by atoms with Crippen LogP contribution < -0.4 is 5.73 Å². The standard InChI is InChI=1S/C17H19FN2O4/c1-8-13(16(21)23-3)15(10-5-6-11(18)12(19)7-10)14(9(2)20-8)17(22)24-4/h5-7,13,15H,19H2,1-4H3. The molecule has 0 saturated carbocycles. The van der Waals surface area contributed by atoms with E-state index in [1.54, 1.807) is 13.8 Å². The van der Waals surface area contributed by atoms with E-state index in [1.165, 1.54) is 32.4 Å². The summed E-state index contributed by atoms with van der Waals surface area (Å²) in [4.78, 5) is 28.9. The van der Waals surface area contributed by atoms with E-state index in [1.807, 2.05) is 0 Å². The van der Waals surface area contributed by atoms with Gasteiger partial charge < -0.3 is 15.2 Å². The first-order chi connectivity index (χ1) is 11.3. The maximum atomic E-state index is 13.5. The molecule has 0 saturated heterocycles. The van der Waals surface area contributed by atoms with Crippen LogP contribution in [0.25, 0.3) is 0 Å². The smallest absolute Gasteiger partial charge is 0.336 e. The van der Waals surface area contributed by atoms with Crippen molar-refractivity contribution < 1.29 is 23.5 Å². The first-order valence-electron chi connectivity index (χ1n) is 7.28. The summed E-state index contributed by atoms with van der Waals surface area (Å²) in [6, 6.07) is 4.09. The Kier molecular flexibility index (Phi) is 5.02. The molecular formula is C17H19FN2O4. The topological polar surface area (TPSA) is 91.0 Å². The summed E-state index contributed by atoms with van der Waals surface area (Å²) in [5, 5.41) is 0. The highest BCUT2D eigenvalue weighted by Crippen LogP contribution is 2.40. The van der Waals surface area contributed by atoms with E-state index in [-0.39, 0.29) is 11.3 Å². The van der Waals surface area contributed by atoms with Crippen LogP contribution in [0.5, 0.6) is 0 Å². The van der Waals surface area contributed by atoms with Crippen molar-refractivity contribution in [2.75, 3.05) is 20.0 Å². The van der Waals surface area contributed by atoms with E-state index in [2.05, 4.69) is 4.99 Å². The quantitative estimate of drug-likeness (QED) is 0.676. The van der Waals surface area contributed by atoms with Crippen molar-refractivity contribution in [3.8, 4) is 0 Å². The third-order valence-electron chi connectivity index (χ3n) is 4.07. The van der Waals surface area contributed by atoms with Crippen LogP contribution in [0.4, 0.5) is 10.1 Å². The molecule has 0 spiro atoms. The highest BCUT2D eigenvalue weighted by atomic mass is 19.1. The molecule has 0 amide bonds. The lowest BCUT2D eigenvalue weighted by molar-refractivity contribution is -0.143. The highest BCUT2D eigenvalue weighted by Gasteiger charge is 2.42. The van der Waals surface area contributed by atoms with Crippen molar-refractivity contribution in [2.24, 2.45) is 10.9 Å². The molecule has 2 atom stereocenters. The molecule has 7 heteroatoms. The summed E-state index contributed by atoms with van der Waals surface area (Å²) in [6.45, 7) is 3.34. The Morgan fingerprint density at radius 1 is 1.21 bits per heavy atom. The fraction of sp³-hybridized carbons (Fsp3) is 0.353. The number of methoxy groups -OCH3 is 2. The number of anilines is 1. The predicted octanol–water partition coefficient (Wildman–Crippen LogP) is 2.20. The molecule has 1 aliphatic heterocycles. The molecular weight excluding hydrogens is 315 g/mol. The number of nitrogens with zero attached hydrogens (tertiary/aromatic N) is 1. The Morgan fingerprint density at radius 3 is 2.42 bits per heavy atom. The SMILES string of the molecule is COC(=O)C1=C(C)N=C(C)C(C(=O)OC)C1c1ccc(F)c(N)c1. The number of halogens is 1. The molecule has 0 bridgehead atoms. The minimum absolute atomic E-state index is 0.0712. The summed E-state index contributed by atoms with van der Waals surface area (Å²) >= 11 is 0. The number of allylic oxidation sites excluding steroid dienone is 1. The van der Waals surface area contributed by atoms with E-state index in [0.717, 1.165) is 0 Å². The van der Waals surface area contributed by atoms with Gasteiger partial charge in [-0.25, -0.2) is 9.18 Å². The second-order valence-electron chi connectivity index (χ2n) is 5.50. The van der Waals surface area contributed by atoms with Gasteiger partial charge in [-0.3, -0.25) is 9.79 Å². The number of rotatable bonds is 3. The second-order valence-corrected chi connectivity index (χ2v) is 5.50. The molecule has 2 unspecified atom stereocenters. The first kappa shape index (κ1) is 17.7. The van der Waals surface area contributed by atoms with Crippen molar-refractivity contribution in [2.45, 2.75) is 19.8 Å². The lowest BCUT2D eigenvalue weighted by Gasteiger charge is -2.31. The molecule has 24 heavy (non-hydrogen) atoms. The van der Waals surface area contributed by atoms with Crippen LogP contribution in [0.1, 0.15) is 25.3 Å². The molecule has 0 fully saturated rings. The normalized spacial score (nSPS) is 20.5. The van der Waals surface area contributed by atoms with Gasteiger partial charge in [-0.05, 0) is 31.5 Å². The average molecular weight is 334 g/mol. The van der Waals surface area contributed by atoms with E-state index >= 15 is 0 Å². The molecule has 2 rings (SSSR count). The van der Waals surface area contributed by atoms with Crippen LogP contribution in [0.15, 0.2) is 34.5 Å². The number of carbonyl (C=O) groups is 2. The highest BCUT2D eigenvalue weighted by molar-refractivity contribution is 6.07. The van der Waals surface area contributed by atoms with Gasteiger partial charge >= 0.3 is 11.9 Å². The van der Waals surface area contributed by atoms with Gasteiger partial charge in [0.2, 0.25) is 0 Å². The molecule has 0 aliphatic carbocycles. The predicted molar refractivity (Wildman–Crippen MR) is 86.9 cm³/mol. The summed E-state index contributed by atoms with van der Waals surface area (Å²) in [7, 11) is 2.51. The molecule has 6 nitrogen and oxygen atoms in total. The van der Waals surface area contributed by atoms with Gasteiger partial charge in [0.05, 0.1) is 25.5 Å². The Morgan fingerprint density at radius 2 is 1.88 bits per heavy atom. The van der Waals surface area contributed by atoms with E-state index < -0.39 is 29.6 Å². The maximum Gasteiger partial charge on any atom is 0.336 e. The Balaban J connectivity index is 2.69. The van der Waals surface area contributed by atoms with Gasteiger partial charge in [0.1, 0.15) is 11.7 Å². The van der Waals surface area contributed by atoms with Crippen molar-refractivity contribution in [3.63, 3.8) is 0 Å². The van der Waals surface area contributed by atoms with Crippen molar-refractivity contribution in [1.82, 2.24) is 0 Å². The van der Waals surface area contributed by atoms with Crippen LogP contribution in [0.2, 0.25) is 0 Å². The van der Waals surface area contributed by atoms with E-state index in [4.69, 9.17) is 15.2 Å². The number of carbonyl (C=O) groups excluding carboxylic acids is 2. The average Bonchev–Trinajstić information content (AvgIpc) is 2.55. The minimum atomic E-state index is -0.822. The zero-order valence-electron chi connectivity index (χ0n) is 13.9. The lowest BCUT2D eigenvalue weighted by Crippen LogP contribution is -2.36. The molecule has 0 radical (unpaired) electrons. The maximum absolute atomic E-state index is 13.5. The molecule has 1 heterocycles. The number of hydrogen-bond donors (Lipinski definition) is 1. The third kappa shape index (κ3) is 3.02. The summed E-state index contributed by atoms with van der Waals surface area (Å²) in [5.41, 5.74) is 7.26. The zero-order chi connectivity index (χ0) is 18.0. The minimum Gasteiger partial charge on any atom is -0.468 e. The molecule has 2 N–H and O–H groups in total. The number of aliphatic imine (C=N–C) groups is 1. The monoisotopic (exact) mass is 334 g/mol. The van der Waals surface area contributed by atoms with Crippen LogP contribution in [-0.2, 0) is 19.1 Å². The number of nitrogens with two attached hydrogens (primary N) is 1. The third-order valence-corrected chi connectivity index (χ3v) is 4.07. The number of ether oxygens (including phenoxy) is 2. The molecule has 1 aromatic carbocycles. The molecule has 128 valence electrons. The van der Waals surface area contributed by atoms with Crippen LogP contribution >= 0.6 is 0 Å². The Labute approximate surface area is 139 Å². The Hall–Kier alpha value is -2.70. The molecule has 1 aliphatic rings. The lowest BCUT2D eigenvalue weighted by atomic mass is 9.75. The van der Waals surface area contributed by atoms with Crippen molar-refractivity contribution in [3.05, 3.63) is 40.8 Å². The number of nitrogen functional groups attached to an aromatic ring is 1. The van der Waals surface area contributed by atoms with Crippen LogP contribution in [-0.4, -0.2) is 31.9 Å². The van der Waals surface area contributed by atoms with Crippen LogP contribution in [0.3, 0.4) is 0 Å². The van der Waals surface area contributed by atoms with E-state index in [9.17, 15) is 14.0 Å². The van der Waals surface area contributed by atoms with Gasteiger partial charge in [0.15, 0.2) is 0 Å². The van der Waals surface area contributed by atoms with Gasteiger partial charge in [-0.1, -0.05) is 6.07 Å². The second kappa shape index (κ2) is 6.82. The van der Waals surface area contributed by atoms with Gasteiger partial charge in [0.25, 0.3) is 0 Å². The van der Waals surface area contributed by atoms with Crippen molar-refractivity contribution in [1.29, 1.82) is 0 Å². The molecule has 0 aromatic heterocycles. The Bertz CT molecular complexity index is 755. The zero-order valence-corrected chi connectivity index (χ0v) is 13.9. The number of benzene rings is 1. The van der Waals surface area contributed by atoms with Crippen molar-refractivity contribution >= 4 is 23.3 Å². The fourth-order valence-electron chi connectivity index (χ4n) is 2.96. The summed E-state index contributed by atoms with van der Waals surface area (Å²) in [5.74, 6) is -3.26. The first-order valence-corrected chi connectivity index (χ1v) is 7.28. The molecule has 1 aromatic rings. The summed E-state index contributed by atoms with van der Waals surface area (Å²) in [6.07, 6.45) is 0. The fourth-order valence-corrected chi connectivity index (χ4v) is 2.96. The van der Waals surface area contributed by atoms with Crippen LogP contribution in [0, 0.1) is 11.7 Å². The largest absolute Gasteiger partial charge is 0.468 e. The van der Waals surface area contributed by atoms with Gasteiger partial charge in [-0.15, -0.1) is 0 Å². The van der Waals surface area contributed by atoms with E-state index in [0.29, 0.717) is 17.0 Å². The van der Waals surface area contributed by atoms with Gasteiger partial charge in [0, 0.05) is 17.3 Å². The number of esters is 2. The number of hydrogen-bond acceptors (Lipinski definition) is 6.